The van der Waals surface area contributed by atoms with Gasteiger partial charge in [0.05, 0.1) is 17.6 Å². The number of nitrogens with zero attached hydrogens (tertiary/aromatic N) is 3. The summed E-state index contributed by atoms with van der Waals surface area (Å²) in [5.74, 6) is 1.50. The van der Waals surface area contributed by atoms with E-state index in [1.54, 1.807) is 12.4 Å². The van der Waals surface area contributed by atoms with Crippen LogP contribution in [0.4, 0.5) is 0 Å². The standard InChI is InChI=1S/C20H17N3O3/c24-20(13-4-7-16-17(10-13)22-9-8-21-16)23(15-5-6-15)11-14-2-1-3-18-19(14)26-12-25-18/h1-4,7-10,15H,5-6,11-12H2. The summed E-state index contributed by atoms with van der Waals surface area (Å²) in [6.07, 6.45) is 5.36. The summed E-state index contributed by atoms with van der Waals surface area (Å²) in [5.41, 5.74) is 3.12. The van der Waals surface area contributed by atoms with Gasteiger partial charge in [0.1, 0.15) is 0 Å². The molecule has 6 heteroatoms. The molecule has 0 radical (unpaired) electrons. The van der Waals surface area contributed by atoms with Gasteiger partial charge in [-0.25, -0.2) is 0 Å². The van der Waals surface area contributed by atoms with Crippen LogP contribution < -0.4 is 9.47 Å². The van der Waals surface area contributed by atoms with Crippen LogP contribution in [0.1, 0.15) is 28.8 Å². The molecule has 1 aromatic heterocycles. The molecule has 1 aliphatic carbocycles. The Morgan fingerprint density at radius 1 is 1.08 bits per heavy atom. The van der Waals surface area contributed by atoms with E-state index in [9.17, 15) is 4.79 Å². The molecule has 0 N–H and O–H groups in total. The van der Waals surface area contributed by atoms with Crippen LogP contribution in [0.25, 0.3) is 11.0 Å². The molecule has 2 aromatic carbocycles. The predicted molar refractivity (Wildman–Crippen MR) is 95.0 cm³/mol. The highest BCUT2D eigenvalue weighted by Crippen LogP contribution is 2.38. The third-order valence-corrected chi connectivity index (χ3v) is 4.78. The van der Waals surface area contributed by atoms with Gasteiger partial charge in [0.15, 0.2) is 11.5 Å². The molecule has 2 aliphatic rings. The largest absolute Gasteiger partial charge is 0.454 e. The summed E-state index contributed by atoms with van der Waals surface area (Å²) in [5, 5.41) is 0. The fraction of sp³-hybridized carbons (Fsp3) is 0.250. The molecule has 0 saturated heterocycles. The molecule has 6 nitrogen and oxygen atoms in total. The zero-order chi connectivity index (χ0) is 17.5. The predicted octanol–water partition coefficient (Wildman–Crippen LogP) is 3.16. The molecule has 1 saturated carbocycles. The number of fused-ring (bicyclic) bond motifs is 2. The number of carbonyl (C=O) groups excluding carboxylic acids is 1. The minimum atomic E-state index is 0.0107. The van der Waals surface area contributed by atoms with Crippen molar-refractivity contribution in [2.45, 2.75) is 25.4 Å². The lowest BCUT2D eigenvalue weighted by molar-refractivity contribution is 0.0728. The normalized spacial score (nSPS) is 15.2. The molecule has 0 bridgehead atoms. The molecule has 1 aliphatic heterocycles. The Bertz CT molecular complexity index is 1000. The van der Waals surface area contributed by atoms with E-state index in [-0.39, 0.29) is 18.7 Å². The quantitative estimate of drug-likeness (QED) is 0.725. The van der Waals surface area contributed by atoms with Gasteiger partial charge >= 0.3 is 0 Å². The Morgan fingerprint density at radius 3 is 2.77 bits per heavy atom. The number of hydrogen-bond acceptors (Lipinski definition) is 5. The van der Waals surface area contributed by atoms with E-state index in [1.165, 1.54) is 0 Å². The monoisotopic (exact) mass is 347 g/mol. The smallest absolute Gasteiger partial charge is 0.254 e. The van der Waals surface area contributed by atoms with E-state index < -0.39 is 0 Å². The van der Waals surface area contributed by atoms with Crippen molar-refractivity contribution in [3.8, 4) is 11.5 Å². The van der Waals surface area contributed by atoms with Crippen LogP contribution in [0.3, 0.4) is 0 Å². The zero-order valence-electron chi connectivity index (χ0n) is 14.1. The van der Waals surface area contributed by atoms with Crippen LogP contribution in [0.2, 0.25) is 0 Å². The van der Waals surface area contributed by atoms with Crippen LogP contribution in [-0.2, 0) is 6.54 Å². The van der Waals surface area contributed by atoms with E-state index in [4.69, 9.17) is 9.47 Å². The minimum absolute atomic E-state index is 0.0107. The van der Waals surface area contributed by atoms with Crippen molar-refractivity contribution < 1.29 is 14.3 Å². The van der Waals surface area contributed by atoms with E-state index >= 15 is 0 Å². The fourth-order valence-electron chi connectivity index (χ4n) is 3.31. The minimum Gasteiger partial charge on any atom is -0.454 e. The van der Waals surface area contributed by atoms with Gasteiger partial charge in [-0.05, 0) is 37.1 Å². The number of para-hydroxylation sites is 1. The van der Waals surface area contributed by atoms with Gasteiger partial charge in [-0.1, -0.05) is 12.1 Å². The molecule has 1 amide bonds. The number of amides is 1. The van der Waals surface area contributed by atoms with Crippen LogP contribution in [0.15, 0.2) is 48.8 Å². The second kappa shape index (κ2) is 5.98. The maximum atomic E-state index is 13.2. The first-order valence-electron chi connectivity index (χ1n) is 8.69. The molecule has 2 heterocycles. The molecular formula is C20H17N3O3. The number of rotatable bonds is 4. The molecule has 5 rings (SSSR count). The SMILES string of the molecule is O=C(c1ccc2nccnc2c1)N(Cc1cccc2c1OCO2)C1CC1. The fourth-order valence-corrected chi connectivity index (χ4v) is 3.31. The highest BCUT2D eigenvalue weighted by Gasteiger charge is 2.34. The number of hydrogen-bond donors (Lipinski definition) is 0. The van der Waals surface area contributed by atoms with Crippen molar-refractivity contribution in [3.63, 3.8) is 0 Å². The highest BCUT2D eigenvalue weighted by atomic mass is 16.7. The Hall–Kier alpha value is -3.15. The lowest BCUT2D eigenvalue weighted by Crippen LogP contribution is -2.32. The van der Waals surface area contributed by atoms with Crippen LogP contribution >= 0.6 is 0 Å². The Kier molecular flexibility index (Phi) is 3.48. The maximum absolute atomic E-state index is 13.2. The van der Waals surface area contributed by atoms with Gasteiger partial charge in [0.2, 0.25) is 6.79 Å². The van der Waals surface area contributed by atoms with Gasteiger partial charge in [0, 0.05) is 29.6 Å². The molecule has 1 fully saturated rings. The van der Waals surface area contributed by atoms with Crippen molar-refractivity contribution >= 4 is 16.9 Å². The summed E-state index contributed by atoms with van der Waals surface area (Å²) in [6.45, 7) is 0.738. The summed E-state index contributed by atoms with van der Waals surface area (Å²) in [7, 11) is 0. The summed E-state index contributed by atoms with van der Waals surface area (Å²) in [6, 6.07) is 11.6. The van der Waals surface area contributed by atoms with E-state index in [0.717, 1.165) is 40.9 Å². The number of carbonyl (C=O) groups is 1. The average Bonchev–Trinajstić information content (AvgIpc) is 3.41. The maximum Gasteiger partial charge on any atom is 0.254 e. The van der Waals surface area contributed by atoms with E-state index in [0.29, 0.717) is 12.1 Å². The zero-order valence-corrected chi connectivity index (χ0v) is 14.1. The van der Waals surface area contributed by atoms with E-state index in [2.05, 4.69) is 9.97 Å². The second-order valence-corrected chi connectivity index (χ2v) is 6.57. The Balaban J connectivity index is 1.47. The first kappa shape index (κ1) is 15.1. The molecule has 3 aromatic rings. The first-order valence-corrected chi connectivity index (χ1v) is 8.69. The van der Waals surface area contributed by atoms with Gasteiger partial charge in [-0.2, -0.15) is 0 Å². The van der Waals surface area contributed by atoms with Gasteiger partial charge < -0.3 is 14.4 Å². The summed E-state index contributed by atoms with van der Waals surface area (Å²) in [4.78, 5) is 23.7. The Morgan fingerprint density at radius 2 is 1.92 bits per heavy atom. The molecule has 0 unspecified atom stereocenters. The van der Waals surface area contributed by atoms with Crippen LogP contribution in [0.5, 0.6) is 11.5 Å². The Labute approximate surface area is 150 Å². The van der Waals surface area contributed by atoms with Crippen molar-refractivity contribution in [2.24, 2.45) is 0 Å². The van der Waals surface area contributed by atoms with E-state index in [1.807, 2.05) is 41.3 Å². The topological polar surface area (TPSA) is 64.6 Å². The highest BCUT2D eigenvalue weighted by molar-refractivity contribution is 5.97. The van der Waals surface area contributed by atoms with Gasteiger partial charge in [-0.3, -0.25) is 14.8 Å². The first-order chi connectivity index (χ1) is 12.8. The van der Waals surface area contributed by atoms with Crippen molar-refractivity contribution in [2.75, 3.05) is 6.79 Å². The molecule has 26 heavy (non-hydrogen) atoms. The summed E-state index contributed by atoms with van der Waals surface area (Å²) < 4.78 is 11.0. The molecule has 0 spiro atoms. The lowest BCUT2D eigenvalue weighted by Gasteiger charge is -2.23. The second-order valence-electron chi connectivity index (χ2n) is 6.57. The van der Waals surface area contributed by atoms with Gasteiger partial charge in [-0.15, -0.1) is 0 Å². The molecular weight excluding hydrogens is 330 g/mol. The molecule has 130 valence electrons. The lowest BCUT2D eigenvalue weighted by atomic mass is 10.1. The number of benzene rings is 2. The van der Waals surface area contributed by atoms with Crippen molar-refractivity contribution in [3.05, 3.63) is 59.9 Å². The van der Waals surface area contributed by atoms with Gasteiger partial charge in [0.25, 0.3) is 5.91 Å². The third kappa shape index (κ3) is 2.63. The number of aromatic nitrogens is 2. The van der Waals surface area contributed by atoms with Crippen LogP contribution in [-0.4, -0.2) is 33.6 Å². The third-order valence-electron chi connectivity index (χ3n) is 4.78. The average molecular weight is 347 g/mol. The summed E-state index contributed by atoms with van der Waals surface area (Å²) >= 11 is 0. The van der Waals surface area contributed by atoms with Crippen LogP contribution in [0, 0.1) is 0 Å². The van der Waals surface area contributed by atoms with Crippen molar-refractivity contribution in [1.29, 1.82) is 0 Å². The number of ether oxygens (including phenoxy) is 2. The molecule has 0 atom stereocenters. The van der Waals surface area contributed by atoms with Crippen molar-refractivity contribution in [1.82, 2.24) is 14.9 Å².